The number of hydrogen-bond acceptors (Lipinski definition) is 4. The molecular weight excluding hydrogens is 224 g/mol. The van der Waals surface area contributed by atoms with Gasteiger partial charge in [-0.05, 0) is 0 Å². The molecule has 0 saturated carbocycles. The van der Waals surface area contributed by atoms with Crippen LogP contribution in [0.15, 0.2) is 0 Å². The summed E-state index contributed by atoms with van der Waals surface area (Å²) in [6.45, 7) is 3.78. The number of ether oxygens (including phenoxy) is 2. The van der Waals surface area contributed by atoms with Gasteiger partial charge in [-0.15, -0.1) is 0 Å². The molecular formula is C10H18N4O3. The molecule has 7 nitrogen and oxygen atoms in total. The fourth-order valence-corrected chi connectivity index (χ4v) is 1.97. The van der Waals surface area contributed by atoms with Crippen molar-refractivity contribution >= 4 is 11.9 Å². The third kappa shape index (κ3) is 2.86. The van der Waals surface area contributed by atoms with Crippen molar-refractivity contribution in [1.29, 1.82) is 5.41 Å². The summed E-state index contributed by atoms with van der Waals surface area (Å²) in [5.41, 5.74) is 5.39. The van der Waals surface area contributed by atoms with Gasteiger partial charge in [-0.3, -0.25) is 5.41 Å². The molecule has 0 radical (unpaired) electrons. The molecule has 3 N–H and O–H groups in total. The SMILES string of the molecule is N=C(N)C1CN(C(=O)N2CCOCC2)CCO1. The van der Waals surface area contributed by atoms with Crippen molar-refractivity contribution in [2.24, 2.45) is 5.73 Å². The number of morpholine rings is 2. The maximum Gasteiger partial charge on any atom is 0.320 e. The number of carbonyl (C=O) groups excluding carboxylic acids is 1. The average Bonchev–Trinajstić information content (AvgIpc) is 2.39. The Labute approximate surface area is 99.9 Å². The Morgan fingerprint density at radius 3 is 2.47 bits per heavy atom. The Balaban J connectivity index is 1.91. The molecule has 0 aromatic carbocycles. The molecule has 2 amide bonds. The van der Waals surface area contributed by atoms with E-state index in [1.54, 1.807) is 9.80 Å². The number of nitrogens with one attached hydrogen (secondary N) is 1. The van der Waals surface area contributed by atoms with Gasteiger partial charge in [-0.2, -0.15) is 0 Å². The summed E-state index contributed by atoms with van der Waals surface area (Å²) in [5.74, 6) is -0.0236. The van der Waals surface area contributed by atoms with Crippen molar-refractivity contribution < 1.29 is 14.3 Å². The number of hydrogen-bond donors (Lipinski definition) is 2. The van der Waals surface area contributed by atoms with E-state index in [2.05, 4.69) is 0 Å². The van der Waals surface area contributed by atoms with E-state index in [1.165, 1.54) is 0 Å². The lowest BCUT2D eigenvalue weighted by Gasteiger charge is -2.37. The number of nitrogens with two attached hydrogens (primary N) is 1. The van der Waals surface area contributed by atoms with Gasteiger partial charge in [-0.1, -0.05) is 0 Å². The van der Waals surface area contributed by atoms with Crippen LogP contribution in [0.25, 0.3) is 0 Å². The average molecular weight is 242 g/mol. The summed E-state index contributed by atoms with van der Waals surface area (Å²) >= 11 is 0. The van der Waals surface area contributed by atoms with Gasteiger partial charge in [0, 0.05) is 19.6 Å². The highest BCUT2D eigenvalue weighted by Gasteiger charge is 2.29. The van der Waals surface area contributed by atoms with Crippen molar-refractivity contribution in [3.8, 4) is 0 Å². The van der Waals surface area contributed by atoms with Crippen molar-refractivity contribution in [2.45, 2.75) is 6.10 Å². The fraction of sp³-hybridized carbons (Fsp3) is 0.800. The number of urea groups is 1. The molecule has 2 aliphatic rings. The summed E-state index contributed by atoms with van der Waals surface area (Å²) in [6.07, 6.45) is -0.464. The molecule has 7 heteroatoms. The van der Waals surface area contributed by atoms with E-state index in [0.29, 0.717) is 46.0 Å². The lowest BCUT2D eigenvalue weighted by Crippen LogP contribution is -2.55. The normalized spacial score (nSPS) is 25.8. The molecule has 1 atom stereocenters. The number of nitrogens with zero attached hydrogens (tertiary/aromatic N) is 2. The van der Waals surface area contributed by atoms with Crippen LogP contribution < -0.4 is 5.73 Å². The van der Waals surface area contributed by atoms with Gasteiger partial charge in [0.2, 0.25) is 0 Å². The van der Waals surface area contributed by atoms with E-state index in [0.717, 1.165) is 0 Å². The smallest absolute Gasteiger partial charge is 0.320 e. The zero-order valence-corrected chi connectivity index (χ0v) is 9.72. The maximum absolute atomic E-state index is 12.2. The van der Waals surface area contributed by atoms with Gasteiger partial charge in [0.25, 0.3) is 0 Å². The molecule has 0 aliphatic carbocycles. The van der Waals surface area contributed by atoms with Gasteiger partial charge in [0.15, 0.2) is 0 Å². The summed E-state index contributed by atoms with van der Waals surface area (Å²) in [7, 11) is 0. The minimum absolute atomic E-state index is 0.0112. The van der Waals surface area contributed by atoms with Crippen LogP contribution in [0.1, 0.15) is 0 Å². The minimum atomic E-state index is -0.464. The third-order valence-corrected chi connectivity index (χ3v) is 2.97. The van der Waals surface area contributed by atoms with E-state index < -0.39 is 6.10 Å². The van der Waals surface area contributed by atoms with Crippen LogP contribution >= 0.6 is 0 Å². The van der Waals surface area contributed by atoms with Crippen LogP contribution in [0.5, 0.6) is 0 Å². The van der Waals surface area contributed by atoms with E-state index >= 15 is 0 Å². The highest BCUT2D eigenvalue weighted by molar-refractivity contribution is 5.83. The first kappa shape index (κ1) is 12.1. The molecule has 2 aliphatic heterocycles. The van der Waals surface area contributed by atoms with E-state index in [-0.39, 0.29) is 11.9 Å². The van der Waals surface area contributed by atoms with Gasteiger partial charge < -0.3 is 25.0 Å². The minimum Gasteiger partial charge on any atom is -0.385 e. The number of amides is 2. The van der Waals surface area contributed by atoms with Crippen molar-refractivity contribution in [2.75, 3.05) is 46.0 Å². The van der Waals surface area contributed by atoms with Crippen LogP contribution in [0, 0.1) is 5.41 Å². The van der Waals surface area contributed by atoms with Crippen LogP contribution in [-0.2, 0) is 9.47 Å². The molecule has 0 aromatic heterocycles. The molecule has 2 saturated heterocycles. The molecule has 0 spiro atoms. The first-order valence-electron chi connectivity index (χ1n) is 5.75. The van der Waals surface area contributed by atoms with Crippen LogP contribution in [-0.4, -0.2) is 73.8 Å². The highest BCUT2D eigenvalue weighted by atomic mass is 16.5. The Morgan fingerprint density at radius 2 is 1.82 bits per heavy atom. The fourth-order valence-electron chi connectivity index (χ4n) is 1.97. The molecule has 2 fully saturated rings. The lowest BCUT2D eigenvalue weighted by atomic mass is 10.2. The predicted molar refractivity (Wildman–Crippen MR) is 61.0 cm³/mol. The van der Waals surface area contributed by atoms with Crippen molar-refractivity contribution in [3.05, 3.63) is 0 Å². The third-order valence-electron chi connectivity index (χ3n) is 2.97. The standard InChI is InChI=1S/C10H18N4O3/c11-9(12)8-7-14(3-6-17-8)10(15)13-1-4-16-5-2-13/h8H,1-7H2,(H3,11,12). The number of amidine groups is 1. The Hall–Kier alpha value is -1.34. The predicted octanol–water partition coefficient (Wildman–Crippen LogP) is -0.925. The van der Waals surface area contributed by atoms with Crippen molar-refractivity contribution in [1.82, 2.24) is 9.80 Å². The summed E-state index contributed by atoms with van der Waals surface area (Å²) in [6, 6.07) is -0.0112. The Morgan fingerprint density at radius 1 is 1.18 bits per heavy atom. The van der Waals surface area contributed by atoms with Crippen LogP contribution in [0.2, 0.25) is 0 Å². The zero-order chi connectivity index (χ0) is 12.3. The second-order valence-corrected chi connectivity index (χ2v) is 4.14. The zero-order valence-electron chi connectivity index (χ0n) is 9.72. The van der Waals surface area contributed by atoms with E-state index in [1.807, 2.05) is 0 Å². The summed E-state index contributed by atoms with van der Waals surface area (Å²) in [4.78, 5) is 15.6. The molecule has 0 bridgehead atoms. The first-order chi connectivity index (χ1) is 8.18. The molecule has 1 unspecified atom stereocenters. The summed E-state index contributed by atoms with van der Waals surface area (Å²) in [5, 5.41) is 7.35. The van der Waals surface area contributed by atoms with E-state index in [9.17, 15) is 4.79 Å². The molecule has 0 aromatic rings. The second-order valence-electron chi connectivity index (χ2n) is 4.14. The molecule has 2 heterocycles. The largest absolute Gasteiger partial charge is 0.385 e. The summed E-state index contributed by atoms with van der Waals surface area (Å²) < 4.78 is 10.5. The van der Waals surface area contributed by atoms with Crippen LogP contribution in [0.3, 0.4) is 0 Å². The molecule has 2 rings (SSSR count). The number of rotatable bonds is 1. The van der Waals surface area contributed by atoms with E-state index in [4.69, 9.17) is 20.6 Å². The second kappa shape index (κ2) is 5.33. The molecule has 17 heavy (non-hydrogen) atoms. The maximum atomic E-state index is 12.2. The van der Waals surface area contributed by atoms with Gasteiger partial charge in [0.1, 0.15) is 11.9 Å². The van der Waals surface area contributed by atoms with Gasteiger partial charge in [-0.25, -0.2) is 4.79 Å². The van der Waals surface area contributed by atoms with Crippen LogP contribution in [0.4, 0.5) is 4.79 Å². The van der Waals surface area contributed by atoms with Gasteiger partial charge >= 0.3 is 6.03 Å². The first-order valence-corrected chi connectivity index (χ1v) is 5.75. The topological polar surface area (TPSA) is 91.9 Å². The quantitative estimate of drug-likeness (QED) is 0.459. The monoisotopic (exact) mass is 242 g/mol. The van der Waals surface area contributed by atoms with Gasteiger partial charge in [0.05, 0.1) is 26.4 Å². The van der Waals surface area contributed by atoms with Crippen molar-refractivity contribution in [3.63, 3.8) is 0 Å². The number of carbonyl (C=O) groups is 1. The Kier molecular flexibility index (Phi) is 3.80. The lowest BCUT2D eigenvalue weighted by molar-refractivity contribution is 0.00114. The highest BCUT2D eigenvalue weighted by Crippen LogP contribution is 2.09. The molecule has 96 valence electrons. The Bertz CT molecular complexity index is 304.